The van der Waals surface area contributed by atoms with Gasteiger partial charge in [0.2, 0.25) is 0 Å². The third-order valence-electron chi connectivity index (χ3n) is 5.36. The van der Waals surface area contributed by atoms with Gasteiger partial charge in [-0.1, -0.05) is 24.3 Å². The fourth-order valence-corrected chi connectivity index (χ4v) is 4.05. The van der Waals surface area contributed by atoms with E-state index in [1.54, 1.807) is 0 Å². The number of hydrogen-bond donors (Lipinski definition) is 0. The molecule has 0 N–H and O–H groups in total. The molecule has 5 rings (SSSR count). The molecule has 0 saturated carbocycles. The maximum atomic E-state index is 13.0. The lowest BCUT2D eigenvalue weighted by Gasteiger charge is -2.33. The number of pyridine rings is 1. The van der Waals surface area contributed by atoms with E-state index in [0.717, 1.165) is 42.2 Å². The Hall–Kier alpha value is -2.89. The first-order valence-electron chi connectivity index (χ1n) is 9.12. The Morgan fingerprint density at radius 2 is 2.00 bits per heavy atom. The zero-order valence-corrected chi connectivity index (χ0v) is 14.4. The molecule has 2 aromatic heterocycles. The normalized spacial score (nSPS) is 22.2. The molecule has 6 heteroatoms. The number of piperidine rings is 1. The number of likely N-dealkylation sites (tertiary alicyclic amines) is 1. The minimum Gasteiger partial charge on any atom is -0.480 e. The van der Waals surface area contributed by atoms with Gasteiger partial charge in [0.25, 0.3) is 5.91 Å². The van der Waals surface area contributed by atoms with Crippen molar-refractivity contribution in [2.75, 3.05) is 13.1 Å². The lowest BCUT2D eigenvalue weighted by Crippen LogP contribution is -2.46. The zero-order valence-electron chi connectivity index (χ0n) is 14.4. The highest BCUT2D eigenvalue weighted by atomic mass is 16.5. The van der Waals surface area contributed by atoms with Crippen LogP contribution in [0.4, 0.5) is 0 Å². The van der Waals surface area contributed by atoms with Gasteiger partial charge in [-0.3, -0.25) is 9.20 Å². The lowest BCUT2D eigenvalue weighted by molar-refractivity contribution is -0.139. The standard InChI is InChI=1S/C20H20N4O2/c25-20(17-12-14-6-1-2-8-16(14)26-17)23-10-5-7-15(13-23)19-22-21-18-9-3-4-11-24(18)19/h1-4,6,8-9,11,15,17H,5,7,10,12-13H2/t15-,17+/m1/s1. The first-order chi connectivity index (χ1) is 12.8. The predicted molar refractivity (Wildman–Crippen MR) is 96.1 cm³/mol. The molecule has 132 valence electrons. The van der Waals surface area contributed by atoms with E-state index in [1.807, 2.05) is 58.0 Å². The molecule has 0 radical (unpaired) electrons. The maximum absolute atomic E-state index is 13.0. The van der Waals surface area contributed by atoms with Crippen molar-refractivity contribution in [1.82, 2.24) is 19.5 Å². The highest BCUT2D eigenvalue weighted by Gasteiger charge is 2.35. The number of benzene rings is 1. The number of nitrogens with zero attached hydrogens (tertiary/aromatic N) is 4. The SMILES string of the molecule is O=C([C@@H]1Cc2ccccc2O1)N1CCC[C@@H](c2nnc3ccccn23)C1. The van der Waals surface area contributed by atoms with E-state index in [0.29, 0.717) is 13.0 Å². The minimum absolute atomic E-state index is 0.0831. The highest BCUT2D eigenvalue weighted by Crippen LogP contribution is 2.31. The van der Waals surface area contributed by atoms with Crippen LogP contribution in [0.5, 0.6) is 5.75 Å². The van der Waals surface area contributed by atoms with Crippen molar-refractivity contribution in [3.63, 3.8) is 0 Å². The number of ether oxygens (including phenoxy) is 1. The van der Waals surface area contributed by atoms with Gasteiger partial charge in [0, 0.05) is 31.6 Å². The predicted octanol–water partition coefficient (Wildman–Crippen LogP) is 2.44. The molecule has 4 heterocycles. The Balaban J connectivity index is 1.34. The van der Waals surface area contributed by atoms with Crippen molar-refractivity contribution in [2.45, 2.75) is 31.3 Å². The third-order valence-corrected chi connectivity index (χ3v) is 5.36. The quantitative estimate of drug-likeness (QED) is 0.714. The monoisotopic (exact) mass is 348 g/mol. The number of fused-ring (bicyclic) bond motifs is 2. The molecular weight excluding hydrogens is 328 g/mol. The van der Waals surface area contributed by atoms with Gasteiger partial charge in [-0.15, -0.1) is 10.2 Å². The van der Waals surface area contributed by atoms with Crippen molar-refractivity contribution in [2.24, 2.45) is 0 Å². The van der Waals surface area contributed by atoms with E-state index >= 15 is 0 Å². The molecule has 2 atom stereocenters. The Morgan fingerprint density at radius 3 is 2.92 bits per heavy atom. The fourth-order valence-electron chi connectivity index (χ4n) is 4.05. The zero-order chi connectivity index (χ0) is 17.5. The second kappa shape index (κ2) is 6.12. The number of carbonyl (C=O) groups is 1. The second-order valence-electron chi connectivity index (χ2n) is 7.03. The average Bonchev–Trinajstić information content (AvgIpc) is 3.31. The van der Waals surface area contributed by atoms with Crippen LogP contribution in [0, 0.1) is 0 Å². The van der Waals surface area contributed by atoms with E-state index in [-0.39, 0.29) is 11.8 Å². The molecule has 2 aliphatic heterocycles. The molecule has 1 saturated heterocycles. The molecule has 3 aromatic rings. The summed E-state index contributed by atoms with van der Waals surface area (Å²) in [5.41, 5.74) is 1.96. The van der Waals surface area contributed by atoms with Crippen LogP contribution in [0.3, 0.4) is 0 Å². The second-order valence-corrected chi connectivity index (χ2v) is 7.03. The van der Waals surface area contributed by atoms with Gasteiger partial charge in [-0.05, 0) is 36.6 Å². The van der Waals surface area contributed by atoms with Crippen LogP contribution in [0.2, 0.25) is 0 Å². The Labute approximate surface area is 151 Å². The average molecular weight is 348 g/mol. The minimum atomic E-state index is -0.402. The van der Waals surface area contributed by atoms with Gasteiger partial charge in [0.1, 0.15) is 11.6 Å². The fraction of sp³-hybridized carbons (Fsp3) is 0.350. The van der Waals surface area contributed by atoms with Gasteiger partial charge in [0.05, 0.1) is 0 Å². The maximum Gasteiger partial charge on any atom is 0.264 e. The molecule has 2 aliphatic rings. The summed E-state index contributed by atoms with van der Waals surface area (Å²) in [6.07, 6.45) is 4.23. The molecule has 6 nitrogen and oxygen atoms in total. The van der Waals surface area contributed by atoms with Crippen LogP contribution in [0.25, 0.3) is 5.65 Å². The van der Waals surface area contributed by atoms with E-state index in [4.69, 9.17) is 4.74 Å². The number of hydrogen-bond acceptors (Lipinski definition) is 4. The van der Waals surface area contributed by atoms with E-state index in [1.165, 1.54) is 0 Å². The summed E-state index contributed by atoms with van der Waals surface area (Å²) in [5.74, 6) is 2.06. The summed E-state index contributed by atoms with van der Waals surface area (Å²) < 4.78 is 7.92. The van der Waals surface area contributed by atoms with Crippen molar-refractivity contribution in [3.8, 4) is 5.75 Å². The van der Waals surface area contributed by atoms with E-state index in [9.17, 15) is 4.79 Å². The summed E-state index contributed by atoms with van der Waals surface area (Å²) in [5, 5.41) is 8.64. The highest BCUT2D eigenvalue weighted by molar-refractivity contribution is 5.82. The van der Waals surface area contributed by atoms with Crippen LogP contribution in [0.1, 0.15) is 30.1 Å². The number of para-hydroxylation sites is 1. The van der Waals surface area contributed by atoms with Gasteiger partial charge in [-0.2, -0.15) is 0 Å². The molecule has 1 amide bonds. The summed E-state index contributed by atoms with van der Waals surface area (Å²) in [4.78, 5) is 14.9. The smallest absolute Gasteiger partial charge is 0.264 e. The lowest BCUT2D eigenvalue weighted by atomic mass is 9.96. The number of amides is 1. The van der Waals surface area contributed by atoms with Crippen LogP contribution in [0.15, 0.2) is 48.7 Å². The number of rotatable bonds is 2. The van der Waals surface area contributed by atoms with Crippen LogP contribution in [-0.2, 0) is 11.2 Å². The summed E-state index contributed by atoms with van der Waals surface area (Å²) in [6, 6.07) is 13.8. The topological polar surface area (TPSA) is 59.7 Å². The van der Waals surface area contributed by atoms with Crippen LogP contribution < -0.4 is 4.74 Å². The van der Waals surface area contributed by atoms with Crippen LogP contribution >= 0.6 is 0 Å². The first-order valence-corrected chi connectivity index (χ1v) is 9.12. The molecule has 26 heavy (non-hydrogen) atoms. The summed E-state index contributed by atoms with van der Waals surface area (Å²) in [7, 11) is 0. The molecule has 0 spiro atoms. The van der Waals surface area contributed by atoms with Gasteiger partial charge >= 0.3 is 0 Å². The van der Waals surface area contributed by atoms with Crippen molar-refractivity contribution in [1.29, 1.82) is 0 Å². The number of carbonyl (C=O) groups excluding carboxylic acids is 1. The molecule has 1 aromatic carbocycles. The van der Waals surface area contributed by atoms with Gasteiger partial charge < -0.3 is 9.64 Å². The van der Waals surface area contributed by atoms with E-state index in [2.05, 4.69) is 10.2 Å². The summed E-state index contributed by atoms with van der Waals surface area (Å²) >= 11 is 0. The first kappa shape index (κ1) is 15.4. The third kappa shape index (κ3) is 2.53. The van der Waals surface area contributed by atoms with Crippen molar-refractivity contribution < 1.29 is 9.53 Å². The summed E-state index contributed by atoms with van der Waals surface area (Å²) in [6.45, 7) is 1.45. The Morgan fingerprint density at radius 1 is 1.12 bits per heavy atom. The molecular formula is C20H20N4O2. The van der Waals surface area contributed by atoms with Gasteiger partial charge in [0.15, 0.2) is 11.8 Å². The molecule has 0 aliphatic carbocycles. The van der Waals surface area contributed by atoms with Crippen molar-refractivity contribution >= 4 is 11.6 Å². The number of aromatic nitrogens is 3. The molecule has 1 fully saturated rings. The van der Waals surface area contributed by atoms with Gasteiger partial charge in [-0.25, -0.2) is 0 Å². The Kier molecular flexibility index (Phi) is 3.62. The van der Waals surface area contributed by atoms with Crippen LogP contribution in [-0.4, -0.2) is 44.6 Å². The molecule has 0 bridgehead atoms. The largest absolute Gasteiger partial charge is 0.480 e. The Bertz CT molecular complexity index is 942. The molecule has 0 unspecified atom stereocenters. The van der Waals surface area contributed by atoms with Crippen molar-refractivity contribution in [3.05, 3.63) is 60.0 Å². The van der Waals surface area contributed by atoms with E-state index < -0.39 is 6.10 Å².